The van der Waals surface area contributed by atoms with Crippen molar-refractivity contribution in [1.82, 2.24) is 14.9 Å². The number of hydrogen-bond donors (Lipinski definition) is 2. The minimum absolute atomic E-state index is 0.272. The molecule has 1 unspecified atom stereocenters. The van der Waals surface area contributed by atoms with E-state index in [1.807, 2.05) is 26.0 Å². The molecule has 0 spiro atoms. The number of nitrogens with one attached hydrogen (secondary N) is 1. The first-order valence-corrected chi connectivity index (χ1v) is 10.5. The summed E-state index contributed by atoms with van der Waals surface area (Å²) in [5.41, 5.74) is 3.91. The van der Waals surface area contributed by atoms with Crippen molar-refractivity contribution in [3.63, 3.8) is 0 Å². The number of aliphatic hydroxyl groups excluding tert-OH is 1. The van der Waals surface area contributed by atoms with Crippen molar-refractivity contribution in [2.45, 2.75) is 39.4 Å². The Morgan fingerprint density at radius 3 is 2.26 bits per heavy atom. The lowest BCUT2D eigenvalue weighted by Gasteiger charge is -2.21. The molecule has 0 aliphatic carbocycles. The average Bonchev–Trinajstić information content (AvgIpc) is 3.41. The molecule has 0 fully saturated rings. The van der Waals surface area contributed by atoms with Crippen LogP contribution in [-0.2, 0) is 24.3 Å². The van der Waals surface area contributed by atoms with E-state index in [0.717, 1.165) is 26.5 Å². The number of rotatable bonds is 4. The minimum Gasteiger partial charge on any atom is -0.400 e. The Morgan fingerprint density at radius 1 is 1.06 bits per heavy atom. The molecule has 1 aliphatic rings. The topological polar surface area (TPSA) is 69.2 Å². The van der Waals surface area contributed by atoms with E-state index in [-0.39, 0.29) is 11.9 Å². The number of aromatic nitrogens is 2. The van der Waals surface area contributed by atoms with E-state index in [1.165, 1.54) is 34.0 Å². The zero-order valence-corrected chi connectivity index (χ0v) is 18.1. The third-order valence-electron chi connectivity index (χ3n) is 5.34. The minimum atomic E-state index is -0.299. The van der Waals surface area contributed by atoms with Crippen LogP contribution in [0.4, 0.5) is 4.39 Å². The zero-order valence-electron chi connectivity index (χ0n) is 18.1. The number of fused-ring (bicyclic) bond motifs is 3. The monoisotopic (exact) mass is 421 g/mol. The van der Waals surface area contributed by atoms with Crippen LogP contribution in [0.15, 0.2) is 54.6 Å². The van der Waals surface area contributed by atoms with Crippen LogP contribution in [0.5, 0.6) is 0 Å². The van der Waals surface area contributed by atoms with Gasteiger partial charge in [-0.2, -0.15) is 0 Å². The number of carbonyl (C=O) groups is 1. The second-order valence-corrected chi connectivity index (χ2v) is 7.13. The highest BCUT2D eigenvalue weighted by Crippen LogP contribution is 2.29. The molecule has 0 radical (unpaired) electrons. The van der Waals surface area contributed by atoms with E-state index >= 15 is 0 Å². The highest BCUT2D eigenvalue weighted by atomic mass is 19.1. The van der Waals surface area contributed by atoms with Gasteiger partial charge in [0.1, 0.15) is 17.9 Å². The molecule has 0 amide bonds. The number of nitrogens with zero attached hydrogens (tertiary/aromatic N) is 2. The molecule has 31 heavy (non-hydrogen) atoms. The number of aldehydes is 1. The van der Waals surface area contributed by atoms with E-state index in [1.54, 1.807) is 6.07 Å². The number of imidazole rings is 1. The van der Waals surface area contributed by atoms with Gasteiger partial charge in [0, 0.05) is 26.6 Å². The summed E-state index contributed by atoms with van der Waals surface area (Å²) in [5, 5.41) is 9.44. The Balaban J connectivity index is 0.000000645. The summed E-state index contributed by atoms with van der Waals surface area (Å²) in [6.45, 7) is 5.50. The van der Waals surface area contributed by atoms with Gasteiger partial charge in [-0.05, 0) is 52.2 Å². The summed E-state index contributed by atoms with van der Waals surface area (Å²) in [6.07, 6.45) is 1.46. The summed E-state index contributed by atoms with van der Waals surface area (Å²) in [6, 6.07) is 17.0. The number of halogens is 1. The van der Waals surface area contributed by atoms with Crippen LogP contribution in [0, 0.1) is 5.82 Å². The van der Waals surface area contributed by atoms with E-state index in [9.17, 15) is 9.18 Å². The van der Waals surface area contributed by atoms with Crippen molar-refractivity contribution >= 4 is 28.1 Å². The predicted molar refractivity (Wildman–Crippen MR) is 122 cm³/mol. The molecule has 1 aromatic heterocycles. The molecule has 162 valence electrons. The van der Waals surface area contributed by atoms with Gasteiger partial charge < -0.3 is 14.9 Å². The van der Waals surface area contributed by atoms with Crippen molar-refractivity contribution < 1.29 is 14.3 Å². The molecule has 0 saturated heterocycles. The fourth-order valence-electron chi connectivity index (χ4n) is 3.95. The van der Waals surface area contributed by atoms with Gasteiger partial charge in [-0.15, -0.1) is 0 Å². The lowest BCUT2D eigenvalue weighted by atomic mass is 10.0. The second kappa shape index (κ2) is 10.3. The molecular formula is C25H28FN3O2. The molecule has 0 bridgehead atoms. The summed E-state index contributed by atoms with van der Waals surface area (Å²) in [7, 11) is 1.00. The summed E-state index contributed by atoms with van der Waals surface area (Å²) < 4.78 is 13.4. The number of aliphatic hydroxyl groups is 1. The van der Waals surface area contributed by atoms with Crippen molar-refractivity contribution in [3.8, 4) is 0 Å². The van der Waals surface area contributed by atoms with E-state index < -0.39 is 0 Å². The maximum Gasteiger partial charge on any atom is 0.137 e. The third-order valence-corrected chi connectivity index (χ3v) is 5.34. The first-order valence-electron chi connectivity index (χ1n) is 10.5. The van der Waals surface area contributed by atoms with Crippen molar-refractivity contribution in [2.24, 2.45) is 0 Å². The van der Waals surface area contributed by atoms with Crippen LogP contribution >= 0.6 is 0 Å². The highest BCUT2D eigenvalue weighted by molar-refractivity contribution is 5.84. The molecule has 2 N–H and O–H groups in total. The number of H-pyrrole nitrogens is 1. The van der Waals surface area contributed by atoms with Gasteiger partial charge in [-0.1, -0.05) is 38.1 Å². The Labute approximate surface area is 181 Å². The van der Waals surface area contributed by atoms with Gasteiger partial charge >= 0.3 is 0 Å². The van der Waals surface area contributed by atoms with Gasteiger partial charge in [-0.25, -0.2) is 9.37 Å². The van der Waals surface area contributed by atoms with Crippen molar-refractivity contribution in [3.05, 3.63) is 77.4 Å². The number of aromatic amines is 1. The molecule has 2 heterocycles. The second-order valence-electron chi connectivity index (χ2n) is 7.13. The lowest BCUT2D eigenvalue weighted by Crippen LogP contribution is -2.34. The van der Waals surface area contributed by atoms with Gasteiger partial charge in [0.2, 0.25) is 0 Å². The number of benzene rings is 3. The molecule has 3 aromatic carbocycles. The van der Waals surface area contributed by atoms with E-state index in [0.29, 0.717) is 23.3 Å². The average molecular weight is 422 g/mol. The molecular weight excluding hydrogens is 393 g/mol. The van der Waals surface area contributed by atoms with Crippen LogP contribution in [0.3, 0.4) is 0 Å². The van der Waals surface area contributed by atoms with Crippen LogP contribution < -0.4 is 0 Å². The largest absolute Gasteiger partial charge is 0.400 e. The highest BCUT2D eigenvalue weighted by Gasteiger charge is 2.27. The van der Waals surface area contributed by atoms with Crippen molar-refractivity contribution in [2.75, 3.05) is 7.11 Å². The van der Waals surface area contributed by atoms with Crippen LogP contribution in [-0.4, -0.2) is 39.4 Å². The molecule has 4 aromatic rings. The van der Waals surface area contributed by atoms with Gasteiger partial charge in [0.15, 0.2) is 0 Å². The molecule has 1 aliphatic heterocycles. The Kier molecular flexibility index (Phi) is 7.50. The van der Waals surface area contributed by atoms with Crippen molar-refractivity contribution in [1.29, 1.82) is 0 Å². The maximum absolute atomic E-state index is 13.4. The summed E-state index contributed by atoms with van der Waals surface area (Å²) >= 11 is 0. The number of hydrogen-bond acceptors (Lipinski definition) is 4. The van der Waals surface area contributed by atoms with Gasteiger partial charge in [0.05, 0.1) is 17.1 Å². The normalized spacial score (nSPS) is 13.7. The number of carbonyl (C=O) groups excluding carboxylic acids is 1. The quantitative estimate of drug-likeness (QED) is 0.472. The third kappa shape index (κ3) is 4.81. The van der Waals surface area contributed by atoms with E-state index in [4.69, 9.17) is 5.11 Å². The summed E-state index contributed by atoms with van der Waals surface area (Å²) in [5.74, 6) is 0.403. The fraction of sp³-hybridized carbons (Fsp3) is 0.280. The first-order chi connectivity index (χ1) is 15.2. The molecule has 0 saturated carbocycles. The van der Waals surface area contributed by atoms with Gasteiger partial charge in [0.25, 0.3) is 0 Å². The fourth-order valence-corrected chi connectivity index (χ4v) is 3.95. The van der Waals surface area contributed by atoms with Crippen LogP contribution in [0.1, 0.15) is 30.8 Å². The van der Waals surface area contributed by atoms with Gasteiger partial charge in [-0.3, -0.25) is 4.90 Å². The SMILES string of the molecule is CC.CO.O=CC(Cc1nc2ccc(F)cc2[nH]1)N1Cc2cc3ccccc3cc2C1. The smallest absolute Gasteiger partial charge is 0.137 e. The summed E-state index contributed by atoms with van der Waals surface area (Å²) in [4.78, 5) is 21.6. The van der Waals surface area contributed by atoms with Crippen LogP contribution in [0.2, 0.25) is 0 Å². The Hall–Kier alpha value is -3.09. The standard InChI is InChI=1S/C22H18FN3O.C2H6.CH4O/c23-18-5-6-20-21(9-18)25-22(24-20)10-19(13-27)26-11-16-7-14-3-1-2-4-15(14)8-17(16)12-26;2*1-2/h1-9,13,19H,10-12H2,(H,24,25);1-2H3;2H,1H3. The molecule has 5 rings (SSSR count). The zero-order chi connectivity index (χ0) is 22.4. The Morgan fingerprint density at radius 2 is 1.68 bits per heavy atom. The molecule has 1 atom stereocenters. The lowest BCUT2D eigenvalue weighted by molar-refractivity contribution is -0.112. The Bertz CT molecular complexity index is 1130. The van der Waals surface area contributed by atoms with Crippen LogP contribution in [0.25, 0.3) is 21.8 Å². The maximum atomic E-state index is 13.4. The van der Waals surface area contributed by atoms with E-state index in [2.05, 4.69) is 39.1 Å². The molecule has 5 nitrogen and oxygen atoms in total. The first kappa shape index (κ1) is 22.6. The predicted octanol–water partition coefficient (Wildman–Crippen LogP) is 4.62. The molecule has 6 heteroatoms.